The van der Waals surface area contributed by atoms with Gasteiger partial charge in [-0.3, -0.25) is 0 Å². The molecule has 1 aromatic carbocycles. The molecule has 6 heteroatoms. The number of aryl methyl sites for hydroxylation is 1. The highest BCUT2D eigenvalue weighted by Gasteiger charge is 2.09. The standard InChI is InChI=1S/C15H17N5O/c1-10-3-5-12(6-4-10)15-17-13(9-21-15)7-20-8-14(11(2)16)18-19-20/h3-6,8-9,11H,7,16H2,1-2H3. The zero-order valence-corrected chi connectivity index (χ0v) is 12.0. The number of benzene rings is 1. The van der Waals surface area contributed by atoms with Crippen LogP contribution in [0.4, 0.5) is 0 Å². The summed E-state index contributed by atoms with van der Waals surface area (Å²) in [6.07, 6.45) is 3.47. The van der Waals surface area contributed by atoms with Crippen molar-refractivity contribution in [1.29, 1.82) is 0 Å². The summed E-state index contributed by atoms with van der Waals surface area (Å²) in [6.45, 7) is 4.43. The molecular weight excluding hydrogens is 266 g/mol. The monoisotopic (exact) mass is 283 g/mol. The quantitative estimate of drug-likeness (QED) is 0.794. The fourth-order valence-electron chi connectivity index (χ4n) is 1.97. The van der Waals surface area contributed by atoms with Gasteiger partial charge in [-0.25, -0.2) is 9.67 Å². The van der Waals surface area contributed by atoms with Crippen LogP contribution >= 0.6 is 0 Å². The summed E-state index contributed by atoms with van der Waals surface area (Å²) in [4.78, 5) is 4.47. The molecule has 0 aliphatic rings. The van der Waals surface area contributed by atoms with Gasteiger partial charge in [-0.05, 0) is 26.0 Å². The molecule has 1 unspecified atom stereocenters. The second-order valence-electron chi connectivity index (χ2n) is 5.14. The minimum absolute atomic E-state index is 0.126. The summed E-state index contributed by atoms with van der Waals surface area (Å²) in [7, 11) is 0. The maximum atomic E-state index is 5.76. The normalized spacial score (nSPS) is 12.5. The molecule has 0 radical (unpaired) electrons. The van der Waals surface area contributed by atoms with Crippen LogP contribution in [0, 0.1) is 6.92 Å². The van der Waals surface area contributed by atoms with Crippen molar-refractivity contribution < 1.29 is 4.42 Å². The lowest BCUT2D eigenvalue weighted by atomic mass is 10.1. The van der Waals surface area contributed by atoms with E-state index in [1.165, 1.54) is 5.56 Å². The fraction of sp³-hybridized carbons (Fsp3) is 0.267. The minimum atomic E-state index is -0.126. The first kappa shape index (κ1) is 13.5. The Hall–Kier alpha value is -2.47. The zero-order chi connectivity index (χ0) is 14.8. The molecule has 3 aromatic rings. The van der Waals surface area contributed by atoms with Gasteiger partial charge in [-0.15, -0.1) is 5.10 Å². The van der Waals surface area contributed by atoms with E-state index in [-0.39, 0.29) is 6.04 Å². The topological polar surface area (TPSA) is 82.8 Å². The SMILES string of the molecule is Cc1ccc(-c2nc(Cn3cc(C(C)N)nn3)co2)cc1. The molecule has 6 nitrogen and oxygen atoms in total. The Balaban J connectivity index is 1.76. The number of nitrogens with zero attached hydrogens (tertiary/aromatic N) is 4. The van der Waals surface area contributed by atoms with Crippen LogP contribution in [0.2, 0.25) is 0 Å². The molecule has 21 heavy (non-hydrogen) atoms. The molecule has 2 heterocycles. The molecule has 2 N–H and O–H groups in total. The lowest BCUT2D eigenvalue weighted by Crippen LogP contribution is -2.05. The van der Waals surface area contributed by atoms with Gasteiger partial charge in [0.2, 0.25) is 5.89 Å². The van der Waals surface area contributed by atoms with Crippen molar-refractivity contribution in [2.75, 3.05) is 0 Å². The predicted octanol–water partition coefficient (Wildman–Crippen LogP) is 2.31. The van der Waals surface area contributed by atoms with E-state index in [0.29, 0.717) is 12.4 Å². The van der Waals surface area contributed by atoms with Crippen molar-refractivity contribution in [3.8, 4) is 11.5 Å². The Morgan fingerprint density at radius 1 is 1.29 bits per heavy atom. The smallest absolute Gasteiger partial charge is 0.226 e. The number of aromatic nitrogens is 4. The van der Waals surface area contributed by atoms with E-state index in [0.717, 1.165) is 17.0 Å². The highest BCUT2D eigenvalue weighted by atomic mass is 16.3. The Morgan fingerprint density at radius 2 is 2.05 bits per heavy atom. The summed E-state index contributed by atoms with van der Waals surface area (Å²) in [5.74, 6) is 0.609. The third-order valence-electron chi connectivity index (χ3n) is 3.20. The highest BCUT2D eigenvalue weighted by Crippen LogP contribution is 2.19. The van der Waals surface area contributed by atoms with Crippen molar-refractivity contribution in [2.24, 2.45) is 5.73 Å². The van der Waals surface area contributed by atoms with Crippen molar-refractivity contribution in [2.45, 2.75) is 26.4 Å². The molecule has 108 valence electrons. The van der Waals surface area contributed by atoms with Gasteiger partial charge in [0.25, 0.3) is 0 Å². The van der Waals surface area contributed by atoms with Gasteiger partial charge in [-0.2, -0.15) is 0 Å². The molecule has 0 saturated heterocycles. The summed E-state index contributed by atoms with van der Waals surface area (Å²) < 4.78 is 7.22. The first-order chi connectivity index (χ1) is 10.1. The Morgan fingerprint density at radius 3 is 2.71 bits per heavy atom. The second kappa shape index (κ2) is 5.49. The van der Waals surface area contributed by atoms with Gasteiger partial charge in [0.1, 0.15) is 12.0 Å². The molecule has 2 aromatic heterocycles. The predicted molar refractivity (Wildman–Crippen MR) is 78.4 cm³/mol. The van der Waals surface area contributed by atoms with E-state index in [4.69, 9.17) is 10.2 Å². The third kappa shape index (κ3) is 3.00. The zero-order valence-electron chi connectivity index (χ0n) is 12.0. The van der Waals surface area contributed by atoms with Crippen molar-refractivity contribution in [3.05, 3.63) is 53.7 Å². The van der Waals surface area contributed by atoms with Crippen LogP contribution in [-0.4, -0.2) is 20.0 Å². The van der Waals surface area contributed by atoms with Crippen LogP contribution in [0.15, 0.2) is 41.1 Å². The number of hydrogen-bond donors (Lipinski definition) is 1. The molecule has 0 spiro atoms. The Bertz CT molecular complexity index is 727. The van der Waals surface area contributed by atoms with E-state index < -0.39 is 0 Å². The molecule has 0 aliphatic carbocycles. The van der Waals surface area contributed by atoms with Crippen LogP contribution in [0.25, 0.3) is 11.5 Å². The maximum Gasteiger partial charge on any atom is 0.226 e. The number of oxazole rings is 1. The molecule has 0 aliphatic heterocycles. The third-order valence-corrected chi connectivity index (χ3v) is 3.20. The number of nitrogens with two attached hydrogens (primary N) is 1. The minimum Gasteiger partial charge on any atom is -0.444 e. The van der Waals surface area contributed by atoms with Crippen molar-refractivity contribution in [1.82, 2.24) is 20.0 Å². The lowest BCUT2D eigenvalue weighted by Gasteiger charge is -1.97. The Kier molecular flexibility index (Phi) is 3.53. The van der Waals surface area contributed by atoms with Gasteiger partial charge >= 0.3 is 0 Å². The maximum absolute atomic E-state index is 5.76. The summed E-state index contributed by atoms with van der Waals surface area (Å²) in [6, 6.07) is 7.93. The van der Waals surface area contributed by atoms with Gasteiger partial charge < -0.3 is 10.2 Å². The van der Waals surface area contributed by atoms with Crippen LogP contribution in [0.1, 0.15) is 29.9 Å². The van der Waals surface area contributed by atoms with E-state index in [1.54, 1.807) is 10.9 Å². The molecule has 1 atom stereocenters. The van der Waals surface area contributed by atoms with Crippen LogP contribution in [0.5, 0.6) is 0 Å². The molecule has 0 bridgehead atoms. The first-order valence-electron chi connectivity index (χ1n) is 6.79. The van der Waals surface area contributed by atoms with Crippen LogP contribution in [-0.2, 0) is 6.54 Å². The highest BCUT2D eigenvalue weighted by molar-refractivity contribution is 5.53. The molecule has 3 rings (SSSR count). The second-order valence-corrected chi connectivity index (χ2v) is 5.14. The Labute approximate surface area is 122 Å². The van der Waals surface area contributed by atoms with Crippen molar-refractivity contribution >= 4 is 0 Å². The van der Waals surface area contributed by atoms with Crippen LogP contribution < -0.4 is 5.73 Å². The molecule has 0 fully saturated rings. The lowest BCUT2D eigenvalue weighted by molar-refractivity contribution is 0.568. The van der Waals surface area contributed by atoms with Crippen molar-refractivity contribution in [3.63, 3.8) is 0 Å². The van der Waals surface area contributed by atoms with Gasteiger partial charge in [0.05, 0.1) is 18.4 Å². The summed E-state index contributed by atoms with van der Waals surface area (Å²) >= 11 is 0. The molecule has 0 amide bonds. The van der Waals surface area contributed by atoms with Gasteiger partial charge in [0.15, 0.2) is 0 Å². The summed E-state index contributed by atoms with van der Waals surface area (Å²) in [5.41, 5.74) is 9.49. The van der Waals surface area contributed by atoms with E-state index >= 15 is 0 Å². The van der Waals surface area contributed by atoms with E-state index in [2.05, 4.69) is 15.3 Å². The average molecular weight is 283 g/mol. The summed E-state index contributed by atoms with van der Waals surface area (Å²) in [5, 5.41) is 8.05. The molecular formula is C15H17N5O. The van der Waals surface area contributed by atoms with E-state index in [9.17, 15) is 0 Å². The van der Waals surface area contributed by atoms with Gasteiger partial charge in [-0.1, -0.05) is 22.9 Å². The fourth-order valence-corrected chi connectivity index (χ4v) is 1.97. The molecule has 0 saturated carbocycles. The van der Waals surface area contributed by atoms with E-state index in [1.807, 2.05) is 44.3 Å². The van der Waals surface area contributed by atoms with Crippen LogP contribution in [0.3, 0.4) is 0 Å². The van der Waals surface area contributed by atoms with Gasteiger partial charge in [0, 0.05) is 11.6 Å². The number of rotatable bonds is 4. The largest absolute Gasteiger partial charge is 0.444 e. The average Bonchev–Trinajstić information content (AvgIpc) is 3.10. The number of hydrogen-bond acceptors (Lipinski definition) is 5. The first-order valence-corrected chi connectivity index (χ1v) is 6.79.